The molecule has 1 heterocycles. The van der Waals surface area contributed by atoms with Gasteiger partial charge in [-0.15, -0.1) is 11.3 Å². The molecule has 0 amide bonds. The van der Waals surface area contributed by atoms with Crippen molar-refractivity contribution in [3.05, 3.63) is 21.9 Å². The van der Waals surface area contributed by atoms with E-state index in [-0.39, 0.29) is 11.3 Å². The maximum atomic E-state index is 12.7. The number of rotatable bonds is 5. The lowest BCUT2D eigenvalue weighted by atomic mass is 9.78. The van der Waals surface area contributed by atoms with Gasteiger partial charge in [0.25, 0.3) is 0 Å². The molecule has 1 aromatic rings. The fourth-order valence-corrected chi connectivity index (χ4v) is 4.36. The second-order valence-electron chi connectivity index (χ2n) is 7.64. The minimum Gasteiger partial charge on any atom is -0.293 e. The van der Waals surface area contributed by atoms with Crippen LogP contribution in [-0.2, 0) is 5.41 Å². The highest BCUT2D eigenvalue weighted by Gasteiger charge is 2.28. The SMILES string of the molecule is CCCCC1CCC(C(=O)c2ccc(C(C)(C)C)s2)CC1. The Hall–Kier alpha value is -0.630. The van der Waals surface area contributed by atoms with Crippen molar-refractivity contribution in [2.45, 2.75) is 78.1 Å². The van der Waals surface area contributed by atoms with Crippen molar-refractivity contribution in [1.29, 1.82) is 0 Å². The fourth-order valence-electron chi connectivity index (χ4n) is 3.28. The van der Waals surface area contributed by atoms with Crippen LogP contribution in [0.1, 0.15) is 87.2 Å². The van der Waals surface area contributed by atoms with Crippen LogP contribution in [0.25, 0.3) is 0 Å². The predicted molar refractivity (Wildman–Crippen MR) is 92.3 cm³/mol. The van der Waals surface area contributed by atoms with Gasteiger partial charge in [0.15, 0.2) is 5.78 Å². The molecular formula is C19H30OS. The van der Waals surface area contributed by atoms with Gasteiger partial charge >= 0.3 is 0 Å². The van der Waals surface area contributed by atoms with E-state index in [1.165, 1.54) is 37.0 Å². The molecule has 0 radical (unpaired) electrons. The molecule has 1 nitrogen and oxygen atoms in total. The Balaban J connectivity index is 1.91. The third-order valence-electron chi connectivity index (χ3n) is 4.77. The zero-order valence-corrected chi connectivity index (χ0v) is 14.9. The number of hydrogen-bond acceptors (Lipinski definition) is 2. The van der Waals surface area contributed by atoms with Crippen LogP contribution in [0.15, 0.2) is 12.1 Å². The van der Waals surface area contributed by atoms with E-state index in [4.69, 9.17) is 0 Å². The minimum atomic E-state index is 0.154. The van der Waals surface area contributed by atoms with E-state index in [1.54, 1.807) is 11.3 Å². The van der Waals surface area contributed by atoms with Crippen molar-refractivity contribution < 1.29 is 4.79 Å². The summed E-state index contributed by atoms with van der Waals surface area (Å²) in [6.45, 7) is 8.91. The molecule has 0 spiro atoms. The number of thiophene rings is 1. The summed E-state index contributed by atoms with van der Waals surface area (Å²) in [5, 5.41) is 0. The molecule has 21 heavy (non-hydrogen) atoms. The second kappa shape index (κ2) is 7.09. The Labute approximate surface area is 134 Å². The summed E-state index contributed by atoms with van der Waals surface area (Å²) in [6, 6.07) is 4.20. The van der Waals surface area contributed by atoms with E-state index in [1.807, 2.05) is 0 Å². The highest BCUT2D eigenvalue weighted by Crippen LogP contribution is 2.36. The smallest absolute Gasteiger partial charge is 0.175 e. The van der Waals surface area contributed by atoms with Gasteiger partial charge in [-0.05, 0) is 49.1 Å². The normalized spacial score (nSPS) is 23.2. The quantitative estimate of drug-likeness (QED) is 0.590. The predicted octanol–water partition coefficient (Wildman–Crippen LogP) is 6.22. The molecular weight excluding hydrogens is 276 g/mol. The zero-order valence-electron chi connectivity index (χ0n) is 14.1. The highest BCUT2D eigenvalue weighted by atomic mass is 32.1. The standard InChI is InChI=1S/C19H30OS/c1-5-6-7-14-8-10-15(11-9-14)18(20)16-12-13-17(21-16)19(2,3)4/h12-15H,5-11H2,1-4H3. The van der Waals surface area contributed by atoms with Crippen molar-refractivity contribution in [2.75, 3.05) is 0 Å². The van der Waals surface area contributed by atoms with Crippen molar-refractivity contribution in [3.63, 3.8) is 0 Å². The Kier molecular flexibility index (Phi) is 5.65. The zero-order chi connectivity index (χ0) is 15.5. The molecule has 1 fully saturated rings. The van der Waals surface area contributed by atoms with E-state index < -0.39 is 0 Å². The van der Waals surface area contributed by atoms with Gasteiger partial charge < -0.3 is 0 Å². The van der Waals surface area contributed by atoms with Crippen molar-refractivity contribution >= 4 is 17.1 Å². The Morgan fingerprint density at radius 1 is 1.19 bits per heavy atom. The molecule has 1 aliphatic carbocycles. The third kappa shape index (κ3) is 4.42. The third-order valence-corrected chi connectivity index (χ3v) is 6.30. The topological polar surface area (TPSA) is 17.1 Å². The van der Waals surface area contributed by atoms with E-state index in [0.29, 0.717) is 5.78 Å². The largest absolute Gasteiger partial charge is 0.293 e. The van der Waals surface area contributed by atoms with Gasteiger partial charge in [0.1, 0.15) is 0 Å². The maximum absolute atomic E-state index is 12.7. The number of carbonyl (C=O) groups excluding carboxylic acids is 1. The molecule has 0 aromatic carbocycles. The summed E-state index contributed by atoms with van der Waals surface area (Å²) in [5.41, 5.74) is 0.154. The molecule has 0 bridgehead atoms. The summed E-state index contributed by atoms with van der Waals surface area (Å²) < 4.78 is 0. The van der Waals surface area contributed by atoms with Crippen molar-refractivity contribution in [2.24, 2.45) is 11.8 Å². The average Bonchev–Trinajstić information content (AvgIpc) is 2.95. The van der Waals surface area contributed by atoms with Crippen LogP contribution in [-0.4, -0.2) is 5.78 Å². The molecule has 2 rings (SSSR count). The lowest BCUT2D eigenvalue weighted by Gasteiger charge is -2.27. The summed E-state index contributed by atoms with van der Waals surface area (Å²) in [7, 11) is 0. The number of hydrogen-bond donors (Lipinski definition) is 0. The van der Waals surface area contributed by atoms with Gasteiger partial charge in [0.2, 0.25) is 0 Å². The summed E-state index contributed by atoms with van der Waals surface area (Å²) in [5.74, 6) is 1.57. The van der Waals surface area contributed by atoms with Crippen LogP contribution in [0.5, 0.6) is 0 Å². The van der Waals surface area contributed by atoms with Crippen LogP contribution in [0, 0.1) is 11.8 Å². The molecule has 1 saturated carbocycles. The molecule has 118 valence electrons. The number of carbonyl (C=O) groups is 1. The number of Topliss-reactive ketones (excluding diaryl/α,β-unsaturated/α-hetero) is 1. The Morgan fingerprint density at radius 2 is 1.86 bits per heavy atom. The molecule has 2 heteroatoms. The molecule has 0 unspecified atom stereocenters. The van der Waals surface area contributed by atoms with Gasteiger partial charge in [-0.3, -0.25) is 4.79 Å². The second-order valence-corrected chi connectivity index (χ2v) is 8.72. The molecule has 0 aliphatic heterocycles. The minimum absolute atomic E-state index is 0.154. The van der Waals surface area contributed by atoms with Gasteiger partial charge in [-0.1, -0.05) is 47.0 Å². The van der Waals surface area contributed by atoms with Gasteiger partial charge in [0.05, 0.1) is 4.88 Å². The summed E-state index contributed by atoms with van der Waals surface area (Å²) >= 11 is 1.71. The molecule has 1 aliphatic rings. The number of unbranched alkanes of at least 4 members (excludes halogenated alkanes) is 1. The molecule has 0 N–H and O–H groups in total. The van der Waals surface area contributed by atoms with Gasteiger partial charge in [-0.25, -0.2) is 0 Å². The lowest BCUT2D eigenvalue weighted by Crippen LogP contribution is -2.21. The fraction of sp³-hybridized carbons (Fsp3) is 0.737. The lowest BCUT2D eigenvalue weighted by molar-refractivity contribution is 0.0873. The first-order valence-corrected chi connectivity index (χ1v) is 9.38. The Morgan fingerprint density at radius 3 is 2.38 bits per heavy atom. The van der Waals surface area contributed by atoms with Gasteiger partial charge in [-0.2, -0.15) is 0 Å². The molecule has 0 atom stereocenters. The first-order chi connectivity index (χ1) is 9.91. The average molecular weight is 307 g/mol. The van der Waals surface area contributed by atoms with Crippen molar-refractivity contribution in [3.8, 4) is 0 Å². The summed E-state index contributed by atoms with van der Waals surface area (Å²) in [6.07, 6.45) is 8.74. The molecule has 0 saturated heterocycles. The molecule has 1 aromatic heterocycles. The summed E-state index contributed by atoms with van der Waals surface area (Å²) in [4.78, 5) is 15.0. The Bertz CT molecular complexity index is 458. The van der Waals surface area contributed by atoms with E-state index >= 15 is 0 Å². The van der Waals surface area contributed by atoms with Crippen LogP contribution in [0.3, 0.4) is 0 Å². The first-order valence-electron chi connectivity index (χ1n) is 8.56. The highest BCUT2D eigenvalue weighted by molar-refractivity contribution is 7.14. The monoisotopic (exact) mass is 306 g/mol. The van der Waals surface area contributed by atoms with E-state index in [9.17, 15) is 4.79 Å². The van der Waals surface area contributed by atoms with Crippen LogP contribution in [0.2, 0.25) is 0 Å². The maximum Gasteiger partial charge on any atom is 0.175 e. The first kappa shape index (κ1) is 16.7. The number of ketones is 1. The van der Waals surface area contributed by atoms with Crippen LogP contribution in [0.4, 0.5) is 0 Å². The van der Waals surface area contributed by atoms with Gasteiger partial charge in [0, 0.05) is 10.8 Å². The van der Waals surface area contributed by atoms with Crippen LogP contribution >= 0.6 is 11.3 Å². The van der Waals surface area contributed by atoms with E-state index in [0.717, 1.165) is 23.6 Å². The van der Waals surface area contributed by atoms with Crippen molar-refractivity contribution in [1.82, 2.24) is 0 Å². The van der Waals surface area contributed by atoms with E-state index in [2.05, 4.69) is 39.8 Å². The van der Waals surface area contributed by atoms with Crippen LogP contribution < -0.4 is 0 Å².